The highest BCUT2D eigenvalue weighted by Crippen LogP contribution is 2.41. The molecule has 2 fully saturated rings. The van der Waals surface area contributed by atoms with Gasteiger partial charge in [-0.2, -0.15) is 0 Å². The molecular weight excluding hydrogens is 292 g/mol. The van der Waals surface area contributed by atoms with Crippen LogP contribution >= 0.6 is 11.3 Å². The van der Waals surface area contributed by atoms with Crippen molar-refractivity contribution in [3.63, 3.8) is 0 Å². The summed E-state index contributed by atoms with van der Waals surface area (Å²) in [7, 11) is 0. The zero-order valence-corrected chi connectivity index (χ0v) is 14.1. The van der Waals surface area contributed by atoms with Crippen LogP contribution in [-0.2, 0) is 11.2 Å². The molecule has 0 saturated carbocycles. The summed E-state index contributed by atoms with van der Waals surface area (Å²) in [4.78, 5) is 16.6. The number of nitrogens with zero attached hydrogens (tertiary/aromatic N) is 1. The number of carbonyl (C=O) groups excluding carboxylic acids is 1. The summed E-state index contributed by atoms with van der Waals surface area (Å²) >= 11 is 1.83. The maximum Gasteiger partial charge on any atom is 0.230 e. The van der Waals surface area contributed by atoms with Crippen molar-refractivity contribution in [2.24, 2.45) is 5.41 Å². The summed E-state index contributed by atoms with van der Waals surface area (Å²) in [6, 6.07) is 2.19. The number of likely N-dealkylation sites (tertiary alicyclic amines) is 1. The molecular formula is C18H26N2OS. The quantitative estimate of drug-likeness (QED) is 0.862. The second kappa shape index (κ2) is 5.97. The molecule has 3 nitrogen and oxygen atoms in total. The summed E-state index contributed by atoms with van der Waals surface area (Å²) in [5.41, 5.74) is 1.87. The van der Waals surface area contributed by atoms with Crippen molar-refractivity contribution in [3.05, 3.63) is 21.9 Å². The standard InChI is InChI=1S/C18H26N2OS/c21-17(15-2-1-3-16-14(15)4-13-22-16)20-11-7-18(8-12-20)5-9-19-10-6-18/h4,13,15,19H,1-3,5-12H2. The fraction of sp³-hybridized carbons (Fsp3) is 0.722. The molecule has 0 radical (unpaired) electrons. The molecule has 2 saturated heterocycles. The van der Waals surface area contributed by atoms with Crippen molar-refractivity contribution in [2.45, 2.75) is 50.9 Å². The Balaban J connectivity index is 1.43. The third kappa shape index (κ3) is 2.61. The summed E-state index contributed by atoms with van der Waals surface area (Å²) < 4.78 is 0. The molecule has 4 rings (SSSR count). The van der Waals surface area contributed by atoms with Crippen LogP contribution < -0.4 is 5.32 Å². The Bertz CT molecular complexity index is 537. The van der Waals surface area contributed by atoms with E-state index < -0.39 is 0 Å². The topological polar surface area (TPSA) is 32.3 Å². The van der Waals surface area contributed by atoms with Gasteiger partial charge in [-0.25, -0.2) is 0 Å². The lowest BCUT2D eigenvalue weighted by atomic mass is 9.71. The fourth-order valence-electron chi connectivity index (χ4n) is 4.62. The molecule has 1 aromatic heterocycles. The number of amides is 1. The molecule has 1 unspecified atom stereocenters. The van der Waals surface area contributed by atoms with Crippen molar-refractivity contribution >= 4 is 17.2 Å². The van der Waals surface area contributed by atoms with E-state index >= 15 is 0 Å². The first-order chi connectivity index (χ1) is 10.8. The molecule has 2 aliphatic heterocycles. The van der Waals surface area contributed by atoms with E-state index in [1.807, 2.05) is 11.3 Å². The number of piperidine rings is 2. The number of rotatable bonds is 1. The van der Waals surface area contributed by atoms with Gasteiger partial charge in [0, 0.05) is 18.0 Å². The average Bonchev–Trinajstić information content (AvgIpc) is 3.04. The van der Waals surface area contributed by atoms with Crippen LogP contribution in [0.1, 0.15) is 54.9 Å². The highest BCUT2D eigenvalue weighted by Gasteiger charge is 2.38. The van der Waals surface area contributed by atoms with Crippen molar-refractivity contribution in [3.8, 4) is 0 Å². The van der Waals surface area contributed by atoms with Gasteiger partial charge in [0.25, 0.3) is 0 Å². The molecule has 4 heteroatoms. The van der Waals surface area contributed by atoms with E-state index in [1.54, 1.807) is 0 Å². The number of hydrogen-bond donors (Lipinski definition) is 1. The number of nitrogens with one attached hydrogen (secondary N) is 1. The molecule has 3 heterocycles. The Labute approximate surface area is 137 Å². The minimum atomic E-state index is 0.150. The molecule has 1 amide bonds. The first-order valence-corrected chi connectivity index (χ1v) is 9.71. The second-order valence-electron chi connectivity index (χ2n) is 7.32. The van der Waals surface area contributed by atoms with Crippen LogP contribution in [0.3, 0.4) is 0 Å². The van der Waals surface area contributed by atoms with Crippen molar-refractivity contribution < 1.29 is 4.79 Å². The lowest BCUT2D eigenvalue weighted by Crippen LogP contribution is -2.48. The Hall–Kier alpha value is -0.870. The fourth-order valence-corrected chi connectivity index (χ4v) is 5.61. The first-order valence-electron chi connectivity index (χ1n) is 8.83. The van der Waals surface area contributed by atoms with Gasteiger partial charge in [0.05, 0.1) is 5.92 Å². The summed E-state index contributed by atoms with van der Waals surface area (Å²) in [5.74, 6) is 0.556. The molecule has 0 bridgehead atoms. The van der Waals surface area contributed by atoms with Crippen LogP contribution in [-0.4, -0.2) is 37.0 Å². The Kier molecular flexibility index (Phi) is 3.99. The Morgan fingerprint density at radius 2 is 2.00 bits per heavy atom. The minimum absolute atomic E-state index is 0.150. The maximum atomic E-state index is 13.0. The molecule has 1 aromatic rings. The zero-order chi connectivity index (χ0) is 15.0. The van der Waals surface area contributed by atoms with E-state index in [1.165, 1.54) is 49.0 Å². The summed E-state index contributed by atoms with van der Waals surface area (Å²) in [6.07, 6.45) is 8.42. The van der Waals surface area contributed by atoms with Gasteiger partial charge >= 0.3 is 0 Å². The molecule has 0 aromatic carbocycles. The van der Waals surface area contributed by atoms with Gasteiger partial charge in [-0.3, -0.25) is 4.79 Å². The molecule has 1 spiro atoms. The van der Waals surface area contributed by atoms with Crippen molar-refractivity contribution in [2.75, 3.05) is 26.2 Å². The lowest BCUT2D eigenvalue weighted by Gasteiger charge is -2.45. The van der Waals surface area contributed by atoms with Crippen LogP contribution in [0.25, 0.3) is 0 Å². The normalized spacial score (nSPS) is 27.6. The van der Waals surface area contributed by atoms with Crippen LogP contribution in [0, 0.1) is 5.41 Å². The van der Waals surface area contributed by atoms with E-state index in [2.05, 4.69) is 21.7 Å². The van der Waals surface area contributed by atoms with E-state index in [0.717, 1.165) is 32.6 Å². The molecule has 22 heavy (non-hydrogen) atoms. The predicted octanol–water partition coefficient (Wildman–Crippen LogP) is 3.16. The van der Waals surface area contributed by atoms with Gasteiger partial charge in [-0.15, -0.1) is 11.3 Å². The maximum absolute atomic E-state index is 13.0. The van der Waals surface area contributed by atoms with Gasteiger partial charge < -0.3 is 10.2 Å². The number of aryl methyl sites for hydroxylation is 1. The number of fused-ring (bicyclic) bond motifs is 1. The molecule has 3 aliphatic rings. The minimum Gasteiger partial charge on any atom is -0.342 e. The first kappa shape index (κ1) is 14.7. The molecule has 1 aliphatic carbocycles. The zero-order valence-electron chi connectivity index (χ0n) is 13.3. The SMILES string of the molecule is O=C(C1CCCc2sccc21)N1CCC2(CCNCC2)CC1. The largest absolute Gasteiger partial charge is 0.342 e. The second-order valence-corrected chi connectivity index (χ2v) is 8.32. The molecule has 1 atom stereocenters. The van der Waals surface area contributed by atoms with Crippen LogP contribution in [0.15, 0.2) is 11.4 Å². The highest BCUT2D eigenvalue weighted by molar-refractivity contribution is 7.10. The Morgan fingerprint density at radius 1 is 1.23 bits per heavy atom. The van der Waals surface area contributed by atoms with E-state index in [4.69, 9.17) is 0 Å². The lowest BCUT2D eigenvalue weighted by molar-refractivity contribution is -0.135. The third-order valence-corrected chi connectivity index (χ3v) is 7.15. The van der Waals surface area contributed by atoms with E-state index in [9.17, 15) is 4.79 Å². The third-order valence-electron chi connectivity index (χ3n) is 6.15. The van der Waals surface area contributed by atoms with Crippen molar-refractivity contribution in [1.29, 1.82) is 0 Å². The van der Waals surface area contributed by atoms with Gasteiger partial charge in [0.1, 0.15) is 0 Å². The highest BCUT2D eigenvalue weighted by atomic mass is 32.1. The van der Waals surface area contributed by atoms with Gasteiger partial charge in [0.15, 0.2) is 0 Å². The summed E-state index contributed by atoms with van der Waals surface area (Å²) in [5, 5.41) is 5.63. The van der Waals surface area contributed by atoms with Crippen LogP contribution in [0.5, 0.6) is 0 Å². The van der Waals surface area contributed by atoms with Crippen LogP contribution in [0.4, 0.5) is 0 Å². The van der Waals surface area contributed by atoms with Gasteiger partial charge in [-0.05, 0) is 80.5 Å². The molecule has 120 valence electrons. The summed E-state index contributed by atoms with van der Waals surface area (Å²) in [6.45, 7) is 4.28. The number of hydrogen-bond acceptors (Lipinski definition) is 3. The van der Waals surface area contributed by atoms with Gasteiger partial charge in [-0.1, -0.05) is 0 Å². The van der Waals surface area contributed by atoms with E-state index in [-0.39, 0.29) is 5.92 Å². The Morgan fingerprint density at radius 3 is 2.77 bits per heavy atom. The molecule has 1 N–H and O–H groups in total. The predicted molar refractivity (Wildman–Crippen MR) is 90.3 cm³/mol. The number of carbonyl (C=O) groups is 1. The average molecular weight is 318 g/mol. The smallest absolute Gasteiger partial charge is 0.230 e. The van der Waals surface area contributed by atoms with Gasteiger partial charge in [0.2, 0.25) is 5.91 Å². The van der Waals surface area contributed by atoms with E-state index in [0.29, 0.717) is 11.3 Å². The number of thiophene rings is 1. The monoisotopic (exact) mass is 318 g/mol. The van der Waals surface area contributed by atoms with Crippen LogP contribution in [0.2, 0.25) is 0 Å². The van der Waals surface area contributed by atoms with Crippen molar-refractivity contribution in [1.82, 2.24) is 10.2 Å².